The van der Waals surface area contributed by atoms with Gasteiger partial charge in [-0.25, -0.2) is 0 Å². The number of nitrogens with two attached hydrogens (primary N) is 1. The summed E-state index contributed by atoms with van der Waals surface area (Å²) in [4.78, 5) is 0.311. The minimum absolute atomic E-state index is 0.270. The summed E-state index contributed by atoms with van der Waals surface area (Å²) in [6.45, 7) is 2.76. The topological polar surface area (TPSA) is 47.3 Å². The maximum absolute atomic E-state index is 6.09. The van der Waals surface area contributed by atoms with Gasteiger partial charge in [-0.2, -0.15) is 0 Å². The predicted octanol–water partition coefficient (Wildman–Crippen LogP) is 2.81. The first kappa shape index (κ1) is 14.2. The summed E-state index contributed by atoms with van der Waals surface area (Å²) in [5.74, 6) is 0. The van der Waals surface area contributed by atoms with E-state index in [1.807, 2.05) is 18.2 Å². The average Bonchev–Trinajstić information content (AvgIpc) is 2.28. The van der Waals surface area contributed by atoms with E-state index in [-0.39, 0.29) is 6.04 Å². The van der Waals surface area contributed by atoms with Gasteiger partial charge in [-0.1, -0.05) is 30.7 Å². The molecule has 1 atom stereocenters. The highest BCUT2D eigenvalue weighted by Crippen LogP contribution is 2.21. The van der Waals surface area contributed by atoms with E-state index < -0.39 is 0 Å². The molecule has 0 fully saturated rings. The fourth-order valence-electron chi connectivity index (χ4n) is 1.50. The summed E-state index contributed by atoms with van der Waals surface area (Å²) < 4.78 is 5.12. The Balaban J connectivity index is 2.79. The maximum Gasteiger partial charge on any atom is 0.105 e. The Bertz CT molecular complexity index is 398. The van der Waals surface area contributed by atoms with E-state index >= 15 is 0 Å². The molecule has 1 aromatic rings. The van der Waals surface area contributed by atoms with Crippen LogP contribution in [-0.2, 0) is 4.74 Å². The number of halogens is 1. The van der Waals surface area contributed by atoms with Crippen molar-refractivity contribution in [3.63, 3.8) is 0 Å². The van der Waals surface area contributed by atoms with Gasteiger partial charge >= 0.3 is 0 Å². The Labute approximate surface area is 112 Å². The van der Waals surface area contributed by atoms with Gasteiger partial charge < -0.3 is 15.8 Å². The van der Waals surface area contributed by atoms with Crippen LogP contribution in [0.5, 0.6) is 0 Å². The second-order valence-electron chi connectivity index (χ2n) is 3.76. The first-order valence-electron chi connectivity index (χ1n) is 5.43. The molecule has 0 aliphatic carbocycles. The van der Waals surface area contributed by atoms with E-state index in [0.717, 1.165) is 12.1 Å². The molecule has 0 bridgehead atoms. The van der Waals surface area contributed by atoms with Crippen molar-refractivity contribution in [2.24, 2.45) is 5.73 Å². The molecule has 5 heteroatoms. The zero-order valence-corrected chi connectivity index (χ0v) is 11.6. The molecular weight excluding hydrogens is 256 g/mol. The Morgan fingerprint density at radius 1 is 1.59 bits per heavy atom. The zero-order chi connectivity index (χ0) is 12.8. The molecule has 3 nitrogen and oxygen atoms in total. The Kier molecular flexibility index (Phi) is 5.68. The molecule has 0 saturated heterocycles. The number of hydrogen-bond acceptors (Lipinski definition) is 3. The second-order valence-corrected chi connectivity index (χ2v) is 4.61. The number of anilines is 1. The van der Waals surface area contributed by atoms with E-state index in [4.69, 9.17) is 34.3 Å². The minimum Gasteiger partial charge on any atom is -0.389 e. The van der Waals surface area contributed by atoms with Crippen LogP contribution in [0.4, 0.5) is 5.69 Å². The lowest BCUT2D eigenvalue weighted by molar-refractivity contribution is 0.184. The molecule has 1 rings (SSSR count). The number of thiocarbonyl (C=S) groups is 1. The molecule has 0 aliphatic rings. The zero-order valence-electron chi connectivity index (χ0n) is 10.00. The van der Waals surface area contributed by atoms with Gasteiger partial charge in [0.05, 0.1) is 11.6 Å². The number of benzene rings is 1. The van der Waals surface area contributed by atoms with Gasteiger partial charge in [0.25, 0.3) is 0 Å². The van der Waals surface area contributed by atoms with Crippen molar-refractivity contribution in [3.8, 4) is 0 Å². The van der Waals surface area contributed by atoms with Crippen LogP contribution < -0.4 is 11.1 Å². The highest BCUT2D eigenvalue weighted by molar-refractivity contribution is 7.80. The molecule has 0 aliphatic heterocycles. The van der Waals surface area contributed by atoms with Crippen LogP contribution in [0.25, 0.3) is 0 Å². The van der Waals surface area contributed by atoms with Crippen molar-refractivity contribution in [2.75, 3.05) is 19.0 Å². The van der Waals surface area contributed by atoms with Crippen LogP contribution in [0.3, 0.4) is 0 Å². The molecule has 0 radical (unpaired) electrons. The quantitative estimate of drug-likeness (QED) is 0.782. The molecule has 1 aromatic carbocycles. The van der Waals surface area contributed by atoms with Crippen LogP contribution in [0, 0.1) is 0 Å². The van der Waals surface area contributed by atoms with Gasteiger partial charge in [-0.3, -0.25) is 0 Å². The third-order valence-corrected chi connectivity index (χ3v) is 3.00. The van der Waals surface area contributed by atoms with Crippen LogP contribution >= 0.6 is 23.8 Å². The minimum atomic E-state index is 0.270. The lowest BCUT2D eigenvalue weighted by atomic mass is 10.1. The van der Waals surface area contributed by atoms with Crippen LogP contribution in [-0.4, -0.2) is 24.7 Å². The summed E-state index contributed by atoms with van der Waals surface area (Å²) in [6, 6.07) is 5.84. The van der Waals surface area contributed by atoms with Gasteiger partial charge in [0, 0.05) is 24.4 Å². The van der Waals surface area contributed by atoms with Gasteiger partial charge in [0.1, 0.15) is 4.99 Å². The predicted molar refractivity (Wildman–Crippen MR) is 76.9 cm³/mol. The van der Waals surface area contributed by atoms with Crippen LogP contribution in [0.2, 0.25) is 5.02 Å². The first-order valence-corrected chi connectivity index (χ1v) is 6.22. The van der Waals surface area contributed by atoms with Gasteiger partial charge in [-0.05, 0) is 24.6 Å². The van der Waals surface area contributed by atoms with E-state index in [9.17, 15) is 0 Å². The standard InChI is InChI=1S/C12H17ClN2OS/c1-3-8(7-16-2)15-9-4-5-10(12(14)17)11(13)6-9/h4-6,8,15H,3,7H2,1-2H3,(H2,14,17). The van der Waals surface area contributed by atoms with Crippen molar-refractivity contribution in [1.82, 2.24) is 0 Å². The summed E-state index contributed by atoms with van der Waals surface area (Å²) in [5, 5.41) is 3.91. The molecule has 94 valence electrons. The molecule has 0 spiro atoms. The number of nitrogens with one attached hydrogen (secondary N) is 1. The average molecular weight is 273 g/mol. The highest BCUT2D eigenvalue weighted by atomic mass is 35.5. The summed E-state index contributed by atoms with van der Waals surface area (Å²) in [6.07, 6.45) is 0.975. The van der Waals surface area contributed by atoms with Crippen LogP contribution in [0.15, 0.2) is 18.2 Å². The van der Waals surface area contributed by atoms with Gasteiger partial charge in [-0.15, -0.1) is 0 Å². The SMILES string of the molecule is CCC(COC)Nc1ccc(C(N)=S)c(Cl)c1. The Hall–Kier alpha value is -0.840. The normalized spacial score (nSPS) is 12.2. The Morgan fingerprint density at radius 3 is 2.76 bits per heavy atom. The third-order valence-electron chi connectivity index (χ3n) is 2.47. The molecule has 17 heavy (non-hydrogen) atoms. The smallest absolute Gasteiger partial charge is 0.105 e. The number of methoxy groups -OCH3 is 1. The monoisotopic (exact) mass is 272 g/mol. The van der Waals surface area contributed by atoms with E-state index in [1.165, 1.54) is 0 Å². The van der Waals surface area contributed by atoms with Crippen molar-refractivity contribution < 1.29 is 4.74 Å². The van der Waals surface area contributed by atoms with Crippen LogP contribution in [0.1, 0.15) is 18.9 Å². The molecule has 3 N–H and O–H groups in total. The summed E-state index contributed by atoms with van der Waals surface area (Å²) >= 11 is 11.0. The number of ether oxygens (including phenoxy) is 1. The largest absolute Gasteiger partial charge is 0.389 e. The lowest BCUT2D eigenvalue weighted by Gasteiger charge is -2.17. The third kappa shape index (κ3) is 4.15. The van der Waals surface area contributed by atoms with Crippen molar-refractivity contribution in [2.45, 2.75) is 19.4 Å². The highest BCUT2D eigenvalue weighted by Gasteiger charge is 2.08. The molecule has 0 heterocycles. The lowest BCUT2D eigenvalue weighted by Crippen LogP contribution is -2.23. The number of rotatable bonds is 6. The molecule has 0 aromatic heterocycles. The summed E-state index contributed by atoms with van der Waals surface area (Å²) in [5.41, 5.74) is 7.19. The van der Waals surface area contributed by atoms with E-state index in [2.05, 4.69) is 12.2 Å². The summed E-state index contributed by atoms with van der Waals surface area (Å²) in [7, 11) is 1.69. The maximum atomic E-state index is 6.09. The molecule has 1 unspecified atom stereocenters. The first-order chi connectivity index (χ1) is 8.08. The van der Waals surface area contributed by atoms with Gasteiger partial charge in [0.15, 0.2) is 0 Å². The van der Waals surface area contributed by atoms with Crippen molar-refractivity contribution >= 4 is 34.5 Å². The van der Waals surface area contributed by atoms with Crippen molar-refractivity contribution in [1.29, 1.82) is 0 Å². The molecular formula is C12H17ClN2OS. The number of hydrogen-bond donors (Lipinski definition) is 2. The van der Waals surface area contributed by atoms with Crippen molar-refractivity contribution in [3.05, 3.63) is 28.8 Å². The second kappa shape index (κ2) is 6.79. The fraction of sp³-hybridized carbons (Fsp3) is 0.417. The van der Waals surface area contributed by atoms with Gasteiger partial charge in [0.2, 0.25) is 0 Å². The molecule has 0 saturated carbocycles. The fourth-order valence-corrected chi connectivity index (χ4v) is 2.02. The molecule has 0 amide bonds. The Morgan fingerprint density at radius 2 is 2.29 bits per heavy atom. The van der Waals surface area contributed by atoms with E-state index in [1.54, 1.807) is 7.11 Å². The van der Waals surface area contributed by atoms with E-state index in [0.29, 0.717) is 22.2 Å².